The van der Waals surface area contributed by atoms with Crippen LogP contribution in [0.3, 0.4) is 0 Å². The van der Waals surface area contributed by atoms with Crippen molar-refractivity contribution >= 4 is 5.97 Å². The van der Waals surface area contributed by atoms with Crippen molar-refractivity contribution in [2.24, 2.45) is 0 Å². The molecular formula is C16H23NO2. The zero-order chi connectivity index (χ0) is 13.7. The molecule has 1 saturated heterocycles. The first-order valence-corrected chi connectivity index (χ1v) is 7.15. The minimum absolute atomic E-state index is 0.247. The Balaban J connectivity index is 2.10. The van der Waals surface area contributed by atoms with Crippen molar-refractivity contribution in [1.82, 2.24) is 4.90 Å². The van der Waals surface area contributed by atoms with Gasteiger partial charge in [-0.1, -0.05) is 19.1 Å². The van der Waals surface area contributed by atoms with Crippen LogP contribution in [0.4, 0.5) is 0 Å². The number of rotatable bonds is 4. The summed E-state index contributed by atoms with van der Waals surface area (Å²) in [6.45, 7) is 5.72. The predicted octanol–water partition coefficient (Wildman–Crippen LogP) is 3.06. The highest BCUT2D eigenvalue weighted by Crippen LogP contribution is 2.27. The molecule has 0 bridgehead atoms. The third-order valence-electron chi connectivity index (χ3n) is 3.82. The fourth-order valence-electron chi connectivity index (χ4n) is 2.88. The summed E-state index contributed by atoms with van der Waals surface area (Å²) in [5.41, 5.74) is 1.93. The largest absolute Gasteiger partial charge is 0.465 e. The maximum absolute atomic E-state index is 11.6. The number of nitrogens with zero attached hydrogens (tertiary/aromatic N) is 1. The number of ether oxygens (including phenoxy) is 1. The molecule has 19 heavy (non-hydrogen) atoms. The molecule has 0 aromatic heterocycles. The smallest absolute Gasteiger partial charge is 0.337 e. The first kappa shape index (κ1) is 14.1. The fourth-order valence-corrected chi connectivity index (χ4v) is 2.88. The summed E-state index contributed by atoms with van der Waals surface area (Å²) in [6.07, 6.45) is 3.66. The van der Waals surface area contributed by atoms with Crippen LogP contribution in [0.15, 0.2) is 24.3 Å². The molecule has 0 saturated carbocycles. The first-order chi connectivity index (χ1) is 9.24. The van der Waals surface area contributed by atoms with Crippen LogP contribution in [0.1, 0.15) is 48.0 Å². The second kappa shape index (κ2) is 6.71. The van der Waals surface area contributed by atoms with Crippen molar-refractivity contribution in [3.8, 4) is 0 Å². The molecule has 2 rings (SSSR count). The van der Waals surface area contributed by atoms with E-state index in [9.17, 15) is 4.79 Å². The Labute approximate surface area is 115 Å². The molecule has 3 nitrogen and oxygen atoms in total. The molecule has 0 amide bonds. The molecule has 0 spiro atoms. The van der Waals surface area contributed by atoms with Gasteiger partial charge in [-0.3, -0.25) is 0 Å². The number of piperidine rings is 1. The average molecular weight is 261 g/mol. The van der Waals surface area contributed by atoms with Gasteiger partial charge in [0.15, 0.2) is 0 Å². The van der Waals surface area contributed by atoms with E-state index in [1.807, 2.05) is 18.2 Å². The van der Waals surface area contributed by atoms with Gasteiger partial charge in [0, 0.05) is 6.54 Å². The third kappa shape index (κ3) is 3.57. The SMILES string of the molecule is CCCN1CCCC(c2cccc(C(=O)OC)c2)C1. The molecule has 3 heteroatoms. The second-order valence-electron chi connectivity index (χ2n) is 5.26. The van der Waals surface area contributed by atoms with Crippen LogP contribution in [0.2, 0.25) is 0 Å². The Morgan fingerprint density at radius 3 is 3.05 bits per heavy atom. The minimum atomic E-state index is -0.247. The summed E-state index contributed by atoms with van der Waals surface area (Å²) in [6, 6.07) is 7.90. The lowest BCUT2D eigenvalue weighted by Gasteiger charge is -2.32. The molecule has 1 aliphatic heterocycles. The first-order valence-electron chi connectivity index (χ1n) is 7.15. The van der Waals surface area contributed by atoms with E-state index in [1.54, 1.807) is 0 Å². The lowest BCUT2D eigenvalue weighted by atomic mass is 9.89. The molecule has 0 N–H and O–H groups in total. The van der Waals surface area contributed by atoms with E-state index in [1.165, 1.54) is 45.0 Å². The van der Waals surface area contributed by atoms with Crippen LogP contribution in [-0.4, -0.2) is 37.6 Å². The van der Waals surface area contributed by atoms with Gasteiger partial charge < -0.3 is 9.64 Å². The van der Waals surface area contributed by atoms with Crippen molar-refractivity contribution in [3.63, 3.8) is 0 Å². The number of carbonyl (C=O) groups excluding carboxylic acids is 1. The van der Waals surface area contributed by atoms with E-state index in [4.69, 9.17) is 4.74 Å². The van der Waals surface area contributed by atoms with E-state index in [0.29, 0.717) is 11.5 Å². The summed E-state index contributed by atoms with van der Waals surface area (Å²) in [5, 5.41) is 0. The lowest BCUT2D eigenvalue weighted by molar-refractivity contribution is 0.0600. The number of methoxy groups -OCH3 is 1. The van der Waals surface area contributed by atoms with Gasteiger partial charge in [-0.05, 0) is 56.0 Å². The zero-order valence-electron chi connectivity index (χ0n) is 11.9. The highest BCUT2D eigenvalue weighted by Gasteiger charge is 2.21. The Morgan fingerprint density at radius 2 is 2.32 bits per heavy atom. The average Bonchev–Trinajstić information content (AvgIpc) is 2.47. The predicted molar refractivity (Wildman–Crippen MR) is 76.5 cm³/mol. The van der Waals surface area contributed by atoms with Gasteiger partial charge in [-0.25, -0.2) is 4.79 Å². The fraction of sp³-hybridized carbons (Fsp3) is 0.562. The molecule has 0 aliphatic carbocycles. The molecule has 0 radical (unpaired) electrons. The molecule has 1 aliphatic rings. The number of hydrogen-bond donors (Lipinski definition) is 0. The van der Waals surface area contributed by atoms with E-state index >= 15 is 0 Å². The van der Waals surface area contributed by atoms with Crippen LogP contribution in [0.5, 0.6) is 0 Å². The van der Waals surface area contributed by atoms with Crippen molar-refractivity contribution in [2.75, 3.05) is 26.7 Å². The molecule has 1 aromatic rings. The van der Waals surface area contributed by atoms with Crippen LogP contribution in [0.25, 0.3) is 0 Å². The highest BCUT2D eigenvalue weighted by molar-refractivity contribution is 5.89. The summed E-state index contributed by atoms with van der Waals surface area (Å²) < 4.78 is 4.79. The van der Waals surface area contributed by atoms with E-state index in [0.717, 1.165) is 6.54 Å². The number of carbonyl (C=O) groups is 1. The number of esters is 1. The third-order valence-corrected chi connectivity index (χ3v) is 3.82. The van der Waals surface area contributed by atoms with Gasteiger partial charge in [0.1, 0.15) is 0 Å². The van der Waals surface area contributed by atoms with Crippen LogP contribution in [0, 0.1) is 0 Å². The zero-order valence-corrected chi connectivity index (χ0v) is 11.9. The molecular weight excluding hydrogens is 238 g/mol. The van der Waals surface area contributed by atoms with Crippen molar-refractivity contribution in [3.05, 3.63) is 35.4 Å². The van der Waals surface area contributed by atoms with Gasteiger partial charge in [0.25, 0.3) is 0 Å². The Morgan fingerprint density at radius 1 is 1.47 bits per heavy atom. The molecule has 1 fully saturated rings. The van der Waals surface area contributed by atoms with Crippen molar-refractivity contribution < 1.29 is 9.53 Å². The number of benzene rings is 1. The highest BCUT2D eigenvalue weighted by atomic mass is 16.5. The summed E-state index contributed by atoms with van der Waals surface area (Å²) >= 11 is 0. The van der Waals surface area contributed by atoms with Gasteiger partial charge in [-0.2, -0.15) is 0 Å². The normalized spacial score (nSPS) is 20.2. The molecule has 1 atom stereocenters. The standard InChI is InChI=1S/C16H23NO2/c1-3-9-17-10-5-8-15(12-17)13-6-4-7-14(11-13)16(18)19-2/h4,6-7,11,15H,3,5,8-10,12H2,1-2H3. The van der Waals surface area contributed by atoms with Crippen LogP contribution >= 0.6 is 0 Å². The summed E-state index contributed by atoms with van der Waals surface area (Å²) in [7, 11) is 1.43. The Kier molecular flexibility index (Phi) is 4.97. The van der Waals surface area contributed by atoms with Gasteiger partial charge >= 0.3 is 5.97 Å². The molecule has 1 heterocycles. The maximum Gasteiger partial charge on any atom is 0.337 e. The number of hydrogen-bond acceptors (Lipinski definition) is 3. The van der Waals surface area contributed by atoms with E-state index in [2.05, 4.69) is 17.9 Å². The Hall–Kier alpha value is -1.35. The molecule has 104 valence electrons. The molecule has 1 unspecified atom stereocenters. The van der Waals surface area contributed by atoms with Crippen molar-refractivity contribution in [1.29, 1.82) is 0 Å². The minimum Gasteiger partial charge on any atom is -0.465 e. The van der Waals surface area contributed by atoms with Gasteiger partial charge in [0.05, 0.1) is 12.7 Å². The monoisotopic (exact) mass is 261 g/mol. The van der Waals surface area contributed by atoms with Crippen LogP contribution < -0.4 is 0 Å². The van der Waals surface area contributed by atoms with E-state index in [-0.39, 0.29) is 5.97 Å². The van der Waals surface area contributed by atoms with Crippen molar-refractivity contribution in [2.45, 2.75) is 32.1 Å². The van der Waals surface area contributed by atoms with Gasteiger partial charge in [-0.15, -0.1) is 0 Å². The Bertz CT molecular complexity index is 429. The van der Waals surface area contributed by atoms with E-state index < -0.39 is 0 Å². The quantitative estimate of drug-likeness (QED) is 0.780. The lowest BCUT2D eigenvalue weighted by Crippen LogP contribution is -2.34. The molecule has 1 aromatic carbocycles. The summed E-state index contributed by atoms with van der Waals surface area (Å²) in [4.78, 5) is 14.1. The number of likely N-dealkylation sites (tertiary alicyclic amines) is 1. The maximum atomic E-state index is 11.6. The van der Waals surface area contributed by atoms with Gasteiger partial charge in [0.2, 0.25) is 0 Å². The van der Waals surface area contributed by atoms with Crippen LogP contribution in [-0.2, 0) is 4.74 Å². The second-order valence-corrected chi connectivity index (χ2v) is 5.26. The topological polar surface area (TPSA) is 29.5 Å². The summed E-state index contributed by atoms with van der Waals surface area (Å²) in [5.74, 6) is 0.299.